The quantitative estimate of drug-likeness (QED) is 0.720. The Bertz CT molecular complexity index is 450. The van der Waals surface area contributed by atoms with Gasteiger partial charge in [-0.1, -0.05) is 32.3 Å². The smallest absolute Gasteiger partial charge is 0.0454 e. The fraction of sp³-hybridized carbons (Fsp3) is 0.467. The normalized spacial score (nSPS) is 10.5. The molecule has 0 fully saturated rings. The number of aromatic nitrogens is 1. The summed E-state index contributed by atoms with van der Waals surface area (Å²) in [6.45, 7) is 4.36. The van der Waals surface area contributed by atoms with Gasteiger partial charge in [0.25, 0.3) is 0 Å². The van der Waals surface area contributed by atoms with Crippen molar-refractivity contribution in [1.82, 2.24) is 10.3 Å². The van der Waals surface area contributed by atoms with Crippen LogP contribution in [0.5, 0.6) is 0 Å². The van der Waals surface area contributed by atoms with Crippen molar-refractivity contribution in [2.24, 2.45) is 0 Å². The average molecular weight is 267 g/mol. The zero-order valence-electron chi connectivity index (χ0n) is 11.0. The van der Waals surface area contributed by atoms with Crippen molar-refractivity contribution < 1.29 is 0 Å². The van der Waals surface area contributed by atoms with E-state index in [1.165, 1.54) is 42.1 Å². The van der Waals surface area contributed by atoms with Gasteiger partial charge in [0.1, 0.15) is 0 Å². The first-order valence-electron chi connectivity index (χ1n) is 6.67. The number of rotatable bonds is 7. The van der Waals surface area contributed by atoms with E-state index in [0.717, 1.165) is 13.1 Å². The number of fused-ring (bicyclic) bond motifs is 1. The first kappa shape index (κ1) is 15.1. The third kappa shape index (κ3) is 4.35. The minimum atomic E-state index is 0. The van der Waals surface area contributed by atoms with E-state index in [1.54, 1.807) is 0 Å². The van der Waals surface area contributed by atoms with Crippen molar-refractivity contribution in [3.8, 4) is 0 Å². The molecule has 0 spiro atoms. The van der Waals surface area contributed by atoms with Crippen LogP contribution in [0.15, 0.2) is 30.5 Å². The molecule has 2 rings (SSSR count). The Hall–Kier alpha value is -0.990. The van der Waals surface area contributed by atoms with Crippen LogP contribution in [-0.2, 0) is 6.54 Å². The summed E-state index contributed by atoms with van der Waals surface area (Å²) in [5, 5.41) is 4.81. The Kier molecular flexibility index (Phi) is 6.84. The summed E-state index contributed by atoms with van der Waals surface area (Å²) >= 11 is 0. The van der Waals surface area contributed by atoms with Gasteiger partial charge in [-0.05, 0) is 42.1 Å². The standard InChI is InChI=1S/C15H22N2.ClH/c1-2-3-4-5-9-16-12-13-6-7-15-14(11-13)8-10-17-15;/h6-8,10-11,16-17H,2-5,9,12H2,1H3;1H. The molecule has 3 heteroatoms. The van der Waals surface area contributed by atoms with Gasteiger partial charge >= 0.3 is 0 Å². The molecule has 0 unspecified atom stereocenters. The highest BCUT2D eigenvalue weighted by Gasteiger charge is 1.96. The lowest BCUT2D eigenvalue weighted by Gasteiger charge is -2.05. The predicted molar refractivity (Wildman–Crippen MR) is 81.4 cm³/mol. The molecule has 2 aromatic rings. The summed E-state index contributed by atoms with van der Waals surface area (Å²) in [4.78, 5) is 3.22. The third-order valence-electron chi connectivity index (χ3n) is 3.15. The SMILES string of the molecule is CCCCCCNCc1ccc2[nH]ccc2c1.Cl. The lowest BCUT2D eigenvalue weighted by Crippen LogP contribution is -2.14. The van der Waals surface area contributed by atoms with Gasteiger partial charge in [0.05, 0.1) is 0 Å². The molecule has 0 aliphatic rings. The van der Waals surface area contributed by atoms with Crippen LogP contribution < -0.4 is 5.32 Å². The van der Waals surface area contributed by atoms with Crippen molar-refractivity contribution in [3.05, 3.63) is 36.0 Å². The van der Waals surface area contributed by atoms with Crippen molar-refractivity contribution in [2.75, 3.05) is 6.54 Å². The second-order valence-electron chi connectivity index (χ2n) is 4.64. The maximum Gasteiger partial charge on any atom is 0.0454 e. The summed E-state index contributed by atoms with van der Waals surface area (Å²) in [5.41, 5.74) is 2.59. The Balaban J connectivity index is 0.00000162. The Morgan fingerprint density at radius 3 is 2.83 bits per heavy atom. The molecule has 2 N–H and O–H groups in total. The van der Waals surface area contributed by atoms with Gasteiger partial charge in [0.2, 0.25) is 0 Å². The molecule has 0 saturated carbocycles. The summed E-state index contributed by atoms with van der Waals surface area (Å²) in [5.74, 6) is 0. The van der Waals surface area contributed by atoms with Crippen molar-refractivity contribution >= 4 is 23.3 Å². The molecule has 1 aromatic carbocycles. The molecule has 0 bridgehead atoms. The molecule has 0 aliphatic carbocycles. The van der Waals surface area contributed by atoms with Gasteiger partial charge in [-0.25, -0.2) is 0 Å². The summed E-state index contributed by atoms with van der Waals surface area (Å²) < 4.78 is 0. The minimum Gasteiger partial charge on any atom is -0.361 e. The molecule has 0 amide bonds. The summed E-state index contributed by atoms with van der Waals surface area (Å²) in [7, 11) is 0. The third-order valence-corrected chi connectivity index (χ3v) is 3.15. The minimum absolute atomic E-state index is 0. The van der Waals surface area contributed by atoms with E-state index in [0.29, 0.717) is 0 Å². The van der Waals surface area contributed by atoms with Crippen LogP contribution in [0.1, 0.15) is 38.2 Å². The van der Waals surface area contributed by atoms with E-state index < -0.39 is 0 Å². The molecule has 1 aromatic heterocycles. The number of hydrogen-bond acceptors (Lipinski definition) is 1. The first-order chi connectivity index (χ1) is 8.40. The molecule has 2 nitrogen and oxygen atoms in total. The fourth-order valence-electron chi connectivity index (χ4n) is 2.12. The molecular formula is C15H23ClN2. The van der Waals surface area contributed by atoms with Gasteiger partial charge in [-0.3, -0.25) is 0 Å². The molecule has 0 saturated heterocycles. The monoisotopic (exact) mass is 266 g/mol. The van der Waals surface area contributed by atoms with Gasteiger partial charge in [-0.15, -0.1) is 12.4 Å². The zero-order chi connectivity index (χ0) is 11.9. The van der Waals surface area contributed by atoms with E-state index in [2.05, 4.69) is 41.5 Å². The van der Waals surface area contributed by atoms with E-state index in [1.807, 2.05) is 6.20 Å². The van der Waals surface area contributed by atoms with Crippen LogP contribution in [0.3, 0.4) is 0 Å². The number of unbranched alkanes of at least 4 members (excludes halogenated alkanes) is 3. The molecule has 100 valence electrons. The Morgan fingerprint density at radius 1 is 1.11 bits per heavy atom. The van der Waals surface area contributed by atoms with Gasteiger partial charge < -0.3 is 10.3 Å². The van der Waals surface area contributed by atoms with Crippen molar-refractivity contribution in [3.63, 3.8) is 0 Å². The average Bonchev–Trinajstić information content (AvgIpc) is 2.81. The maximum absolute atomic E-state index is 3.51. The van der Waals surface area contributed by atoms with E-state index in [4.69, 9.17) is 0 Å². The maximum atomic E-state index is 3.51. The molecule has 0 radical (unpaired) electrons. The topological polar surface area (TPSA) is 27.8 Å². The Morgan fingerprint density at radius 2 is 2.00 bits per heavy atom. The number of H-pyrrole nitrogens is 1. The van der Waals surface area contributed by atoms with Crippen LogP contribution >= 0.6 is 12.4 Å². The van der Waals surface area contributed by atoms with E-state index in [9.17, 15) is 0 Å². The zero-order valence-corrected chi connectivity index (χ0v) is 11.9. The van der Waals surface area contributed by atoms with Crippen molar-refractivity contribution in [2.45, 2.75) is 39.2 Å². The van der Waals surface area contributed by atoms with Crippen LogP contribution in [0.4, 0.5) is 0 Å². The predicted octanol–water partition coefficient (Wildman–Crippen LogP) is 4.26. The number of benzene rings is 1. The van der Waals surface area contributed by atoms with Gasteiger partial charge in [0, 0.05) is 18.3 Å². The molecule has 0 aliphatic heterocycles. The largest absolute Gasteiger partial charge is 0.361 e. The number of hydrogen-bond donors (Lipinski definition) is 2. The van der Waals surface area contributed by atoms with Crippen LogP contribution in [0, 0.1) is 0 Å². The van der Waals surface area contributed by atoms with E-state index >= 15 is 0 Å². The highest BCUT2D eigenvalue weighted by atomic mass is 35.5. The van der Waals surface area contributed by atoms with Crippen LogP contribution in [-0.4, -0.2) is 11.5 Å². The second-order valence-corrected chi connectivity index (χ2v) is 4.64. The number of nitrogens with one attached hydrogen (secondary N) is 2. The lowest BCUT2D eigenvalue weighted by atomic mass is 10.1. The molecule has 0 atom stereocenters. The van der Waals surface area contributed by atoms with Gasteiger partial charge in [-0.2, -0.15) is 0 Å². The van der Waals surface area contributed by atoms with Gasteiger partial charge in [0.15, 0.2) is 0 Å². The van der Waals surface area contributed by atoms with Crippen LogP contribution in [0.2, 0.25) is 0 Å². The highest BCUT2D eigenvalue weighted by Crippen LogP contribution is 2.14. The second kappa shape index (κ2) is 8.17. The van der Waals surface area contributed by atoms with Crippen LogP contribution in [0.25, 0.3) is 10.9 Å². The summed E-state index contributed by atoms with van der Waals surface area (Å²) in [6.07, 6.45) is 7.30. The molecule has 18 heavy (non-hydrogen) atoms. The number of aromatic amines is 1. The summed E-state index contributed by atoms with van der Waals surface area (Å²) in [6, 6.07) is 8.73. The molecule has 1 heterocycles. The number of halogens is 1. The highest BCUT2D eigenvalue weighted by molar-refractivity contribution is 5.85. The van der Waals surface area contributed by atoms with Crippen molar-refractivity contribution in [1.29, 1.82) is 0 Å². The first-order valence-corrected chi connectivity index (χ1v) is 6.67. The van der Waals surface area contributed by atoms with E-state index in [-0.39, 0.29) is 12.4 Å². The molecular weight excluding hydrogens is 244 g/mol. The fourth-order valence-corrected chi connectivity index (χ4v) is 2.12. The lowest BCUT2D eigenvalue weighted by molar-refractivity contribution is 0.598. The Labute approximate surface area is 116 Å².